The molecule has 0 amide bonds. The minimum Gasteiger partial charge on any atom is -0.508 e. The molecule has 3 N–H and O–H groups in total. The summed E-state index contributed by atoms with van der Waals surface area (Å²) in [5.74, 6) is -0.195. The second kappa shape index (κ2) is 5.23. The maximum Gasteiger partial charge on any atom is 0.199 e. The van der Waals surface area contributed by atoms with Crippen molar-refractivity contribution < 1.29 is 29.6 Å². The Morgan fingerprint density at radius 3 is 2.59 bits per heavy atom. The highest BCUT2D eigenvalue weighted by atomic mass is 16.5. The van der Waals surface area contributed by atoms with E-state index in [0.717, 1.165) is 0 Å². The fourth-order valence-electron chi connectivity index (χ4n) is 2.44. The third kappa shape index (κ3) is 2.23. The van der Waals surface area contributed by atoms with E-state index < -0.39 is 18.0 Å². The van der Waals surface area contributed by atoms with Crippen molar-refractivity contribution in [1.82, 2.24) is 0 Å². The molecule has 22 heavy (non-hydrogen) atoms. The standard InChI is InChI=1S/C16H14O6/c1-21-12-5-2-8(6-11(12)18)16-15(20)14(19)10-4-3-9(17)7-13(10)22-16/h2-7,15-18,20H,1H3/t15?,16-/m1/s1. The summed E-state index contributed by atoms with van der Waals surface area (Å²) in [4.78, 5) is 12.2. The number of phenols is 2. The lowest BCUT2D eigenvalue weighted by Crippen LogP contribution is -2.36. The molecule has 0 saturated heterocycles. The number of ether oxygens (including phenoxy) is 2. The summed E-state index contributed by atoms with van der Waals surface area (Å²) < 4.78 is 10.6. The number of aromatic hydroxyl groups is 2. The lowest BCUT2D eigenvalue weighted by Gasteiger charge is -2.30. The van der Waals surface area contributed by atoms with Gasteiger partial charge in [-0.25, -0.2) is 0 Å². The summed E-state index contributed by atoms with van der Waals surface area (Å²) in [6, 6.07) is 8.55. The van der Waals surface area contributed by atoms with E-state index in [1.54, 1.807) is 6.07 Å². The van der Waals surface area contributed by atoms with Crippen molar-refractivity contribution in [3.05, 3.63) is 47.5 Å². The number of hydrogen-bond acceptors (Lipinski definition) is 6. The number of methoxy groups -OCH3 is 1. The van der Waals surface area contributed by atoms with Crippen LogP contribution in [0.5, 0.6) is 23.0 Å². The number of phenolic OH excluding ortho intramolecular Hbond substituents is 2. The Bertz CT molecular complexity index is 739. The van der Waals surface area contributed by atoms with Gasteiger partial charge in [-0.05, 0) is 29.8 Å². The SMILES string of the molecule is COc1ccc([C@H]2Oc3cc(O)ccc3C(=O)C2O)cc1O. The Morgan fingerprint density at radius 2 is 1.91 bits per heavy atom. The number of ketones is 1. The lowest BCUT2D eigenvalue weighted by molar-refractivity contribution is 0.0215. The smallest absolute Gasteiger partial charge is 0.199 e. The monoisotopic (exact) mass is 302 g/mol. The van der Waals surface area contributed by atoms with Gasteiger partial charge in [-0.2, -0.15) is 0 Å². The van der Waals surface area contributed by atoms with Crippen LogP contribution in [0.4, 0.5) is 0 Å². The van der Waals surface area contributed by atoms with Gasteiger partial charge in [0.25, 0.3) is 0 Å². The number of carbonyl (C=O) groups is 1. The number of aliphatic hydroxyl groups excluding tert-OH is 1. The van der Waals surface area contributed by atoms with Crippen LogP contribution in [0.15, 0.2) is 36.4 Å². The molecule has 3 rings (SSSR count). The van der Waals surface area contributed by atoms with E-state index in [0.29, 0.717) is 5.56 Å². The Kier molecular flexibility index (Phi) is 3.38. The molecule has 0 spiro atoms. The van der Waals surface area contributed by atoms with Crippen LogP contribution in [0.25, 0.3) is 0 Å². The molecule has 6 nitrogen and oxygen atoms in total. The zero-order valence-electron chi connectivity index (χ0n) is 11.7. The van der Waals surface area contributed by atoms with E-state index >= 15 is 0 Å². The highest BCUT2D eigenvalue weighted by Gasteiger charge is 2.37. The van der Waals surface area contributed by atoms with Crippen molar-refractivity contribution >= 4 is 5.78 Å². The molecular formula is C16H14O6. The summed E-state index contributed by atoms with van der Waals surface area (Å²) in [7, 11) is 1.42. The van der Waals surface area contributed by atoms with Crippen molar-refractivity contribution in [2.45, 2.75) is 12.2 Å². The van der Waals surface area contributed by atoms with Crippen LogP contribution in [0.2, 0.25) is 0 Å². The second-order valence-corrected chi connectivity index (χ2v) is 4.96. The molecule has 0 saturated carbocycles. The van der Waals surface area contributed by atoms with Crippen LogP contribution in [0, 0.1) is 0 Å². The fraction of sp³-hybridized carbons (Fsp3) is 0.188. The third-order valence-electron chi connectivity index (χ3n) is 3.57. The van der Waals surface area contributed by atoms with Gasteiger partial charge in [0, 0.05) is 6.07 Å². The van der Waals surface area contributed by atoms with E-state index in [-0.39, 0.29) is 28.6 Å². The molecule has 6 heteroatoms. The van der Waals surface area contributed by atoms with Crippen LogP contribution < -0.4 is 9.47 Å². The first kappa shape index (κ1) is 14.2. The topological polar surface area (TPSA) is 96.2 Å². The van der Waals surface area contributed by atoms with Crippen LogP contribution in [-0.2, 0) is 0 Å². The van der Waals surface area contributed by atoms with Crippen LogP contribution in [0.1, 0.15) is 22.0 Å². The molecule has 2 aromatic rings. The Labute approximate surface area is 126 Å². The van der Waals surface area contributed by atoms with Crippen LogP contribution in [0.3, 0.4) is 0 Å². The fourth-order valence-corrected chi connectivity index (χ4v) is 2.44. The zero-order chi connectivity index (χ0) is 15.9. The van der Waals surface area contributed by atoms with Gasteiger partial charge in [-0.3, -0.25) is 4.79 Å². The molecule has 2 aromatic carbocycles. The molecule has 1 aliphatic rings. The van der Waals surface area contributed by atoms with Gasteiger partial charge in [0.1, 0.15) is 11.5 Å². The van der Waals surface area contributed by atoms with Gasteiger partial charge < -0.3 is 24.8 Å². The molecule has 0 bridgehead atoms. The molecule has 2 atom stereocenters. The number of carbonyl (C=O) groups excluding carboxylic acids is 1. The first-order valence-corrected chi connectivity index (χ1v) is 6.60. The number of aliphatic hydroxyl groups is 1. The molecule has 0 fully saturated rings. The Hall–Kier alpha value is -2.73. The van der Waals surface area contributed by atoms with E-state index in [9.17, 15) is 20.1 Å². The van der Waals surface area contributed by atoms with E-state index in [1.807, 2.05) is 0 Å². The number of hydrogen-bond donors (Lipinski definition) is 3. The second-order valence-electron chi connectivity index (χ2n) is 4.96. The average molecular weight is 302 g/mol. The van der Waals surface area contributed by atoms with Crippen LogP contribution >= 0.6 is 0 Å². The molecule has 114 valence electrons. The predicted molar refractivity (Wildman–Crippen MR) is 76.5 cm³/mol. The average Bonchev–Trinajstić information content (AvgIpc) is 2.50. The molecular weight excluding hydrogens is 288 g/mol. The summed E-state index contributed by atoms with van der Waals surface area (Å²) in [5.41, 5.74) is 0.632. The highest BCUT2D eigenvalue weighted by molar-refractivity contribution is 6.03. The van der Waals surface area contributed by atoms with Crippen LogP contribution in [-0.4, -0.2) is 34.3 Å². The zero-order valence-corrected chi connectivity index (χ0v) is 11.7. The first-order chi connectivity index (χ1) is 10.5. The molecule has 1 unspecified atom stereocenters. The number of benzene rings is 2. The van der Waals surface area contributed by atoms with E-state index in [4.69, 9.17) is 9.47 Å². The van der Waals surface area contributed by atoms with Crippen molar-refractivity contribution in [3.63, 3.8) is 0 Å². The predicted octanol–water partition coefficient (Wildman–Crippen LogP) is 1.78. The lowest BCUT2D eigenvalue weighted by atomic mass is 9.93. The van der Waals surface area contributed by atoms with Gasteiger partial charge in [0.15, 0.2) is 29.5 Å². The molecule has 0 radical (unpaired) electrons. The normalized spacial score (nSPS) is 20.2. The van der Waals surface area contributed by atoms with Gasteiger partial charge in [-0.15, -0.1) is 0 Å². The minimum absolute atomic E-state index is 0.0423. The summed E-state index contributed by atoms with van der Waals surface area (Å²) in [6.45, 7) is 0. The maximum atomic E-state index is 12.2. The molecule has 1 heterocycles. The summed E-state index contributed by atoms with van der Waals surface area (Å²) in [5, 5.41) is 29.5. The van der Waals surface area contributed by atoms with Crippen molar-refractivity contribution in [1.29, 1.82) is 0 Å². The van der Waals surface area contributed by atoms with Crippen molar-refractivity contribution in [2.75, 3.05) is 7.11 Å². The van der Waals surface area contributed by atoms with Gasteiger partial charge in [0.05, 0.1) is 12.7 Å². The third-order valence-corrected chi connectivity index (χ3v) is 3.57. The first-order valence-electron chi connectivity index (χ1n) is 6.60. The highest BCUT2D eigenvalue weighted by Crippen LogP contribution is 2.39. The van der Waals surface area contributed by atoms with Crippen molar-refractivity contribution in [3.8, 4) is 23.0 Å². The summed E-state index contributed by atoms with van der Waals surface area (Å²) >= 11 is 0. The number of rotatable bonds is 2. The number of fused-ring (bicyclic) bond motifs is 1. The maximum absolute atomic E-state index is 12.2. The molecule has 0 aliphatic carbocycles. The largest absolute Gasteiger partial charge is 0.508 e. The van der Waals surface area contributed by atoms with Crippen molar-refractivity contribution in [2.24, 2.45) is 0 Å². The van der Waals surface area contributed by atoms with Gasteiger partial charge in [-0.1, -0.05) is 6.07 Å². The Morgan fingerprint density at radius 1 is 1.14 bits per heavy atom. The van der Waals surface area contributed by atoms with E-state index in [2.05, 4.69) is 0 Å². The number of Topliss-reactive ketones (excluding diaryl/α,β-unsaturated/α-hetero) is 1. The quantitative estimate of drug-likeness (QED) is 0.782. The minimum atomic E-state index is -1.40. The molecule has 1 aliphatic heterocycles. The summed E-state index contributed by atoms with van der Waals surface area (Å²) in [6.07, 6.45) is -2.37. The van der Waals surface area contributed by atoms with Gasteiger partial charge >= 0.3 is 0 Å². The Balaban J connectivity index is 2.02. The van der Waals surface area contributed by atoms with Gasteiger partial charge in [0.2, 0.25) is 0 Å². The molecule has 0 aromatic heterocycles. The van der Waals surface area contributed by atoms with E-state index in [1.165, 1.54) is 37.4 Å².